The maximum atomic E-state index is 13.3. The van der Waals surface area contributed by atoms with E-state index in [4.69, 9.17) is 22.7 Å². The van der Waals surface area contributed by atoms with Crippen LogP contribution in [0.4, 0.5) is 4.39 Å². The minimum absolute atomic E-state index is 0.195. The normalized spacial score (nSPS) is 11.5. The van der Waals surface area contributed by atoms with Crippen LogP contribution in [-0.4, -0.2) is 10.6 Å². The highest BCUT2D eigenvalue weighted by atomic mass is 32.1. The average molecular weight is 255 g/mol. The molecule has 0 aromatic heterocycles. The van der Waals surface area contributed by atoms with E-state index >= 15 is 0 Å². The van der Waals surface area contributed by atoms with E-state index in [0.29, 0.717) is 12.2 Å². The van der Waals surface area contributed by atoms with Crippen molar-refractivity contribution in [1.29, 1.82) is 0 Å². The molecule has 0 heterocycles. The van der Waals surface area contributed by atoms with Crippen molar-refractivity contribution >= 4 is 17.2 Å². The Morgan fingerprint density at radius 1 is 1.41 bits per heavy atom. The Bertz CT molecular complexity index is 418. The summed E-state index contributed by atoms with van der Waals surface area (Å²) in [6.07, 6.45) is 0.893. The number of benzene rings is 1. The van der Waals surface area contributed by atoms with Crippen LogP contribution >= 0.6 is 12.2 Å². The molecule has 0 saturated carbocycles. The van der Waals surface area contributed by atoms with E-state index < -0.39 is 0 Å². The van der Waals surface area contributed by atoms with Gasteiger partial charge >= 0.3 is 0 Å². The van der Waals surface area contributed by atoms with Gasteiger partial charge in [-0.15, -0.1) is 0 Å². The van der Waals surface area contributed by atoms with Crippen molar-refractivity contribution in [1.82, 2.24) is 0 Å². The largest absolute Gasteiger partial charge is 0.389 e. The molecule has 2 nitrogen and oxygen atoms in total. The van der Waals surface area contributed by atoms with Gasteiger partial charge in [0.15, 0.2) is 0 Å². The molecule has 17 heavy (non-hydrogen) atoms. The first-order chi connectivity index (χ1) is 7.84. The lowest BCUT2D eigenvalue weighted by Crippen LogP contribution is -2.22. The Hall–Kier alpha value is -1.00. The first kappa shape index (κ1) is 14.1. The zero-order chi connectivity index (χ0) is 13.1. The van der Waals surface area contributed by atoms with Gasteiger partial charge in [-0.1, -0.05) is 19.1 Å². The van der Waals surface area contributed by atoms with Crippen molar-refractivity contribution in [3.05, 3.63) is 35.1 Å². The fraction of sp³-hybridized carbons (Fsp3) is 0.462. The average Bonchev–Trinajstić information content (AvgIpc) is 2.26. The van der Waals surface area contributed by atoms with E-state index in [2.05, 4.69) is 0 Å². The third-order valence-corrected chi connectivity index (χ3v) is 2.96. The molecule has 0 saturated heterocycles. The van der Waals surface area contributed by atoms with Gasteiger partial charge in [0.2, 0.25) is 0 Å². The molecule has 0 aliphatic rings. The van der Waals surface area contributed by atoms with E-state index in [-0.39, 0.29) is 16.4 Å². The highest BCUT2D eigenvalue weighted by molar-refractivity contribution is 7.80. The third kappa shape index (κ3) is 4.40. The Kier molecular flexibility index (Phi) is 4.60. The van der Waals surface area contributed by atoms with Crippen LogP contribution < -0.4 is 5.73 Å². The Morgan fingerprint density at radius 3 is 2.59 bits per heavy atom. The molecule has 0 spiro atoms. The minimum atomic E-state index is -0.344. The van der Waals surface area contributed by atoms with Gasteiger partial charge in [-0.05, 0) is 44.0 Å². The lowest BCUT2D eigenvalue weighted by Gasteiger charge is -2.23. The predicted octanol–water partition coefficient (Wildman–Crippen LogP) is 3.17. The molecule has 0 amide bonds. The summed E-state index contributed by atoms with van der Waals surface area (Å²) in [5, 5.41) is 0. The number of ether oxygens (including phenoxy) is 1. The van der Waals surface area contributed by atoms with Crippen LogP contribution in [0.5, 0.6) is 0 Å². The van der Waals surface area contributed by atoms with Gasteiger partial charge in [0.05, 0.1) is 12.2 Å². The van der Waals surface area contributed by atoms with Crippen LogP contribution in [0, 0.1) is 5.82 Å². The zero-order valence-corrected chi connectivity index (χ0v) is 11.2. The SMILES string of the molecule is CCC(C)(C)OCc1cc(F)cc(C(N)=S)c1. The van der Waals surface area contributed by atoms with Gasteiger partial charge in [-0.25, -0.2) is 4.39 Å². The number of rotatable bonds is 5. The smallest absolute Gasteiger partial charge is 0.124 e. The van der Waals surface area contributed by atoms with Gasteiger partial charge in [-0.3, -0.25) is 0 Å². The lowest BCUT2D eigenvalue weighted by atomic mass is 10.1. The number of hydrogen-bond acceptors (Lipinski definition) is 2. The number of halogens is 1. The predicted molar refractivity (Wildman–Crippen MR) is 71.4 cm³/mol. The fourth-order valence-corrected chi connectivity index (χ4v) is 1.37. The van der Waals surface area contributed by atoms with E-state index in [9.17, 15) is 4.39 Å². The highest BCUT2D eigenvalue weighted by Gasteiger charge is 2.15. The fourth-order valence-electron chi connectivity index (χ4n) is 1.26. The van der Waals surface area contributed by atoms with Crippen molar-refractivity contribution < 1.29 is 9.13 Å². The maximum absolute atomic E-state index is 13.3. The summed E-state index contributed by atoms with van der Waals surface area (Å²) in [5.74, 6) is -0.344. The van der Waals surface area contributed by atoms with Gasteiger partial charge < -0.3 is 10.5 Å². The molecule has 0 bridgehead atoms. The summed E-state index contributed by atoms with van der Waals surface area (Å²) in [7, 11) is 0. The maximum Gasteiger partial charge on any atom is 0.124 e. The van der Waals surface area contributed by atoms with Crippen molar-refractivity contribution in [3.63, 3.8) is 0 Å². The van der Waals surface area contributed by atoms with Crippen LogP contribution in [0.1, 0.15) is 38.3 Å². The molecule has 1 rings (SSSR count). The van der Waals surface area contributed by atoms with Gasteiger partial charge in [0.25, 0.3) is 0 Å². The molecule has 1 aromatic carbocycles. The molecule has 1 aromatic rings. The molecule has 0 aliphatic heterocycles. The second-order valence-corrected chi connectivity index (χ2v) is 5.05. The monoisotopic (exact) mass is 255 g/mol. The van der Waals surface area contributed by atoms with Crippen molar-refractivity contribution in [2.75, 3.05) is 0 Å². The molecular weight excluding hydrogens is 237 g/mol. The van der Waals surface area contributed by atoms with Crippen molar-refractivity contribution in [2.45, 2.75) is 39.4 Å². The minimum Gasteiger partial charge on any atom is -0.389 e. The Morgan fingerprint density at radius 2 is 2.06 bits per heavy atom. The molecule has 0 fully saturated rings. The standard InChI is InChI=1S/C13H18FNOS/c1-4-13(2,3)16-8-9-5-10(12(15)17)7-11(14)6-9/h5-7H,4,8H2,1-3H3,(H2,15,17). The summed E-state index contributed by atoms with van der Waals surface area (Å²) in [6.45, 7) is 6.40. The number of hydrogen-bond donors (Lipinski definition) is 1. The quantitative estimate of drug-likeness (QED) is 0.821. The Labute approximate surface area is 107 Å². The van der Waals surface area contributed by atoms with E-state index in [1.807, 2.05) is 20.8 Å². The molecule has 0 radical (unpaired) electrons. The molecule has 0 aliphatic carbocycles. The molecular formula is C13H18FNOS. The van der Waals surface area contributed by atoms with Crippen LogP contribution in [0.2, 0.25) is 0 Å². The first-order valence-corrected chi connectivity index (χ1v) is 5.98. The molecule has 2 N–H and O–H groups in total. The summed E-state index contributed by atoms with van der Waals surface area (Å²) in [4.78, 5) is 0.195. The third-order valence-electron chi connectivity index (χ3n) is 2.72. The summed E-state index contributed by atoms with van der Waals surface area (Å²) in [5.41, 5.74) is 6.55. The summed E-state index contributed by atoms with van der Waals surface area (Å²) < 4.78 is 19.0. The molecule has 94 valence electrons. The first-order valence-electron chi connectivity index (χ1n) is 5.57. The molecule has 4 heteroatoms. The van der Waals surface area contributed by atoms with E-state index in [1.165, 1.54) is 12.1 Å². The Balaban J connectivity index is 2.81. The van der Waals surface area contributed by atoms with Crippen LogP contribution in [0.3, 0.4) is 0 Å². The summed E-state index contributed by atoms with van der Waals surface area (Å²) >= 11 is 4.83. The highest BCUT2D eigenvalue weighted by Crippen LogP contribution is 2.18. The van der Waals surface area contributed by atoms with E-state index in [0.717, 1.165) is 12.0 Å². The second-order valence-electron chi connectivity index (χ2n) is 4.61. The topological polar surface area (TPSA) is 35.2 Å². The molecule has 0 unspecified atom stereocenters. The zero-order valence-electron chi connectivity index (χ0n) is 10.4. The van der Waals surface area contributed by atoms with Gasteiger partial charge in [0, 0.05) is 5.56 Å². The molecule has 0 atom stereocenters. The number of thiocarbonyl (C=S) groups is 1. The van der Waals surface area contributed by atoms with Crippen molar-refractivity contribution in [3.8, 4) is 0 Å². The van der Waals surface area contributed by atoms with Gasteiger partial charge in [0.1, 0.15) is 10.8 Å². The van der Waals surface area contributed by atoms with E-state index in [1.54, 1.807) is 6.07 Å². The number of nitrogens with two attached hydrogens (primary N) is 1. The lowest BCUT2D eigenvalue weighted by molar-refractivity contribution is -0.0317. The second kappa shape index (κ2) is 5.56. The summed E-state index contributed by atoms with van der Waals surface area (Å²) in [6, 6.07) is 4.53. The van der Waals surface area contributed by atoms with Gasteiger partial charge in [-0.2, -0.15) is 0 Å². The van der Waals surface area contributed by atoms with Crippen LogP contribution in [0.15, 0.2) is 18.2 Å². The van der Waals surface area contributed by atoms with Crippen LogP contribution in [-0.2, 0) is 11.3 Å². The van der Waals surface area contributed by atoms with Crippen LogP contribution in [0.25, 0.3) is 0 Å². The van der Waals surface area contributed by atoms with Crippen molar-refractivity contribution in [2.24, 2.45) is 5.73 Å².